The average Bonchev–Trinajstić information content (AvgIpc) is 2.72. The van der Waals surface area contributed by atoms with Gasteiger partial charge in [-0.1, -0.05) is 31.5 Å². The number of nitro groups is 1. The van der Waals surface area contributed by atoms with E-state index < -0.39 is 46.4 Å². The third kappa shape index (κ3) is 6.34. The Morgan fingerprint density at radius 1 is 1.09 bits per heavy atom. The van der Waals surface area contributed by atoms with Crippen molar-refractivity contribution in [1.29, 1.82) is 0 Å². The molecular formula is C22H24FN3O6. The summed E-state index contributed by atoms with van der Waals surface area (Å²) in [6.45, 7) is 6.57. The number of halogens is 1. The lowest BCUT2D eigenvalue weighted by Crippen LogP contribution is -2.47. The molecule has 0 spiro atoms. The predicted molar refractivity (Wildman–Crippen MR) is 115 cm³/mol. The molecule has 0 fully saturated rings. The zero-order chi connectivity index (χ0) is 24.0. The number of carbonyl (C=O) groups excluding carboxylic acids is 3. The molecule has 2 rings (SSSR count). The number of anilines is 1. The summed E-state index contributed by atoms with van der Waals surface area (Å²) in [5, 5.41) is 15.8. The molecule has 2 aromatic carbocycles. The molecule has 2 amide bonds. The molecule has 2 N–H and O–H groups in total. The number of benzene rings is 2. The van der Waals surface area contributed by atoms with E-state index in [1.54, 1.807) is 32.0 Å². The van der Waals surface area contributed by atoms with Gasteiger partial charge in [-0.25, -0.2) is 4.79 Å². The third-order valence-electron chi connectivity index (χ3n) is 4.56. The van der Waals surface area contributed by atoms with Crippen LogP contribution in [0.2, 0.25) is 0 Å². The monoisotopic (exact) mass is 445 g/mol. The molecule has 0 heterocycles. The highest BCUT2D eigenvalue weighted by atomic mass is 19.1. The first-order chi connectivity index (χ1) is 15.0. The SMILES string of the molecule is Cc1cccc(C(=O)N[C@H](C(=O)OC(C)C(=O)Nc2ccc(F)c([N+](=O)[O-])c2)C(C)C)c1. The van der Waals surface area contributed by atoms with Crippen LogP contribution in [0, 0.1) is 28.8 Å². The number of hydrogen-bond donors (Lipinski definition) is 2. The van der Waals surface area contributed by atoms with Crippen LogP contribution < -0.4 is 10.6 Å². The molecule has 0 radical (unpaired) electrons. The van der Waals surface area contributed by atoms with Crippen molar-refractivity contribution in [2.24, 2.45) is 5.92 Å². The van der Waals surface area contributed by atoms with Gasteiger partial charge in [-0.05, 0) is 44.0 Å². The molecule has 170 valence electrons. The summed E-state index contributed by atoms with van der Waals surface area (Å²) in [6, 6.07) is 8.69. The largest absolute Gasteiger partial charge is 0.451 e. The second kappa shape index (κ2) is 10.5. The molecule has 32 heavy (non-hydrogen) atoms. The molecule has 2 atom stereocenters. The summed E-state index contributed by atoms with van der Waals surface area (Å²) in [4.78, 5) is 47.4. The van der Waals surface area contributed by atoms with E-state index in [0.29, 0.717) is 5.56 Å². The number of ether oxygens (including phenoxy) is 1. The molecular weight excluding hydrogens is 421 g/mol. The average molecular weight is 445 g/mol. The van der Waals surface area contributed by atoms with Crippen molar-refractivity contribution in [2.45, 2.75) is 39.8 Å². The first-order valence-corrected chi connectivity index (χ1v) is 9.82. The number of rotatable bonds is 8. The Morgan fingerprint density at radius 2 is 1.78 bits per heavy atom. The van der Waals surface area contributed by atoms with Crippen molar-refractivity contribution in [3.05, 3.63) is 69.5 Å². The number of nitro benzene ring substituents is 1. The molecule has 1 unspecified atom stereocenters. The maximum Gasteiger partial charge on any atom is 0.329 e. The van der Waals surface area contributed by atoms with Gasteiger partial charge in [0.15, 0.2) is 6.10 Å². The Hall–Kier alpha value is -3.82. The highest BCUT2D eigenvalue weighted by Crippen LogP contribution is 2.22. The van der Waals surface area contributed by atoms with Gasteiger partial charge in [0.05, 0.1) is 4.92 Å². The third-order valence-corrected chi connectivity index (χ3v) is 4.56. The molecule has 2 aromatic rings. The second-order valence-corrected chi connectivity index (χ2v) is 7.56. The first-order valence-electron chi connectivity index (χ1n) is 9.82. The second-order valence-electron chi connectivity index (χ2n) is 7.56. The van der Waals surface area contributed by atoms with Crippen LogP contribution in [0.5, 0.6) is 0 Å². The maximum absolute atomic E-state index is 13.4. The Labute approximate surface area is 184 Å². The Morgan fingerprint density at radius 3 is 2.38 bits per heavy atom. The summed E-state index contributed by atoms with van der Waals surface area (Å²) in [7, 11) is 0. The van der Waals surface area contributed by atoms with Crippen LogP contribution in [0.1, 0.15) is 36.7 Å². The van der Waals surface area contributed by atoms with Crippen LogP contribution >= 0.6 is 0 Å². The van der Waals surface area contributed by atoms with E-state index in [9.17, 15) is 28.9 Å². The van der Waals surface area contributed by atoms with Gasteiger partial charge in [0.2, 0.25) is 5.82 Å². The van der Waals surface area contributed by atoms with Gasteiger partial charge in [-0.15, -0.1) is 0 Å². The van der Waals surface area contributed by atoms with E-state index in [0.717, 1.165) is 23.8 Å². The minimum atomic E-state index is -1.27. The first kappa shape index (κ1) is 24.4. The Balaban J connectivity index is 2.04. The van der Waals surface area contributed by atoms with Crippen molar-refractivity contribution in [1.82, 2.24) is 5.32 Å². The van der Waals surface area contributed by atoms with Crippen molar-refractivity contribution in [2.75, 3.05) is 5.32 Å². The lowest BCUT2D eigenvalue weighted by atomic mass is 10.0. The summed E-state index contributed by atoms with van der Waals surface area (Å²) >= 11 is 0. The normalized spacial score (nSPS) is 12.6. The highest BCUT2D eigenvalue weighted by Gasteiger charge is 2.29. The summed E-state index contributed by atoms with van der Waals surface area (Å²) in [5.74, 6) is -3.41. The molecule has 0 aromatic heterocycles. The van der Waals surface area contributed by atoms with Crippen LogP contribution in [0.15, 0.2) is 42.5 Å². The standard InChI is InChI=1S/C22H24FN3O6/c1-12(2)19(25-21(28)15-7-5-6-13(3)10-15)22(29)32-14(4)20(27)24-16-8-9-17(23)18(11-16)26(30)31/h5-12,14,19H,1-4H3,(H,24,27)(H,25,28)/t14?,19-/m0/s1. The molecule has 0 saturated carbocycles. The summed E-state index contributed by atoms with van der Waals surface area (Å²) < 4.78 is 18.6. The van der Waals surface area contributed by atoms with E-state index in [1.165, 1.54) is 6.92 Å². The molecule has 0 aliphatic carbocycles. The summed E-state index contributed by atoms with van der Waals surface area (Å²) in [5.41, 5.74) is 0.435. The minimum Gasteiger partial charge on any atom is -0.451 e. The lowest BCUT2D eigenvalue weighted by Gasteiger charge is -2.23. The van der Waals surface area contributed by atoms with Gasteiger partial charge in [-0.3, -0.25) is 19.7 Å². The number of amides is 2. The fourth-order valence-electron chi connectivity index (χ4n) is 2.78. The smallest absolute Gasteiger partial charge is 0.329 e. The zero-order valence-electron chi connectivity index (χ0n) is 18.0. The van der Waals surface area contributed by atoms with Crippen molar-refractivity contribution in [3.8, 4) is 0 Å². The van der Waals surface area contributed by atoms with Crippen LogP contribution in [0.4, 0.5) is 15.8 Å². The van der Waals surface area contributed by atoms with Crippen LogP contribution in [0.25, 0.3) is 0 Å². The van der Waals surface area contributed by atoms with E-state index in [4.69, 9.17) is 4.74 Å². The summed E-state index contributed by atoms with van der Waals surface area (Å²) in [6.07, 6.45) is -1.27. The molecule has 0 aliphatic heterocycles. The number of aryl methyl sites for hydroxylation is 1. The van der Waals surface area contributed by atoms with E-state index in [1.807, 2.05) is 13.0 Å². The van der Waals surface area contributed by atoms with Crippen LogP contribution in [0.3, 0.4) is 0 Å². The molecule has 10 heteroatoms. The van der Waals surface area contributed by atoms with Gasteiger partial charge in [-0.2, -0.15) is 4.39 Å². The van der Waals surface area contributed by atoms with Gasteiger partial charge >= 0.3 is 11.7 Å². The van der Waals surface area contributed by atoms with Gasteiger partial charge in [0, 0.05) is 17.3 Å². The lowest BCUT2D eigenvalue weighted by molar-refractivity contribution is -0.387. The molecule has 0 aliphatic rings. The fourth-order valence-corrected chi connectivity index (χ4v) is 2.78. The quantitative estimate of drug-likeness (QED) is 0.364. The topological polar surface area (TPSA) is 128 Å². The number of carbonyl (C=O) groups is 3. The minimum absolute atomic E-state index is 0.0286. The predicted octanol–water partition coefficient (Wildman–Crippen LogP) is 3.37. The highest BCUT2D eigenvalue weighted by molar-refractivity contribution is 5.98. The number of nitrogens with one attached hydrogen (secondary N) is 2. The van der Waals surface area contributed by atoms with Crippen molar-refractivity contribution in [3.63, 3.8) is 0 Å². The fraction of sp³-hybridized carbons (Fsp3) is 0.318. The van der Waals surface area contributed by atoms with Crippen LogP contribution in [-0.2, 0) is 14.3 Å². The number of esters is 1. The van der Waals surface area contributed by atoms with Gasteiger partial charge in [0.25, 0.3) is 11.8 Å². The van der Waals surface area contributed by atoms with E-state index >= 15 is 0 Å². The van der Waals surface area contributed by atoms with Gasteiger partial charge in [0.1, 0.15) is 6.04 Å². The Bertz CT molecular complexity index is 1040. The van der Waals surface area contributed by atoms with Crippen LogP contribution in [-0.4, -0.2) is 34.9 Å². The Kier molecular flexibility index (Phi) is 8.00. The van der Waals surface area contributed by atoms with E-state index in [2.05, 4.69) is 10.6 Å². The molecule has 0 saturated heterocycles. The number of nitrogens with zero attached hydrogens (tertiary/aromatic N) is 1. The number of hydrogen-bond acceptors (Lipinski definition) is 6. The van der Waals surface area contributed by atoms with Crippen molar-refractivity contribution < 1.29 is 28.4 Å². The van der Waals surface area contributed by atoms with E-state index in [-0.39, 0.29) is 11.6 Å². The van der Waals surface area contributed by atoms with Crippen molar-refractivity contribution >= 4 is 29.2 Å². The molecule has 9 nitrogen and oxygen atoms in total. The maximum atomic E-state index is 13.4. The van der Waals surface area contributed by atoms with Gasteiger partial charge < -0.3 is 15.4 Å². The zero-order valence-corrected chi connectivity index (χ0v) is 18.0. The molecule has 0 bridgehead atoms.